The van der Waals surface area contributed by atoms with Gasteiger partial charge < -0.3 is 10.1 Å². The minimum atomic E-state index is 0.180. The second kappa shape index (κ2) is 6.57. The fourth-order valence-electron chi connectivity index (χ4n) is 2.21. The number of ether oxygens (including phenoxy) is 1. The summed E-state index contributed by atoms with van der Waals surface area (Å²) in [6, 6.07) is 8.06. The van der Waals surface area contributed by atoms with E-state index >= 15 is 0 Å². The SMILES string of the molecule is CCNc1nc(C)nc(-c2ccc(OC(C)C)cc2)c1C. The van der Waals surface area contributed by atoms with Crippen molar-refractivity contribution in [3.8, 4) is 17.0 Å². The van der Waals surface area contributed by atoms with Crippen LogP contribution in [0.5, 0.6) is 5.75 Å². The molecule has 0 aliphatic carbocycles. The number of benzene rings is 1. The van der Waals surface area contributed by atoms with Crippen LogP contribution in [0.1, 0.15) is 32.2 Å². The number of rotatable bonds is 5. The highest BCUT2D eigenvalue weighted by Gasteiger charge is 2.11. The molecule has 0 unspecified atom stereocenters. The number of hydrogen-bond donors (Lipinski definition) is 1. The van der Waals surface area contributed by atoms with E-state index in [4.69, 9.17) is 4.74 Å². The van der Waals surface area contributed by atoms with E-state index in [1.807, 2.05) is 52.0 Å². The molecular formula is C17H23N3O. The van der Waals surface area contributed by atoms with Crippen LogP contribution in [0.4, 0.5) is 5.82 Å². The third-order valence-electron chi connectivity index (χ3n) is 3.10. The zero-order valence-corrected chi connectivity index (χ0v) is 13.4. The molecule has 0 fully saturated rings. The lowest BCUT2D eigenvalue weighted by molar-refractivity contribution is 0.242. The first kappa shape index (κ1) is 15.3. The average molecular weight is 285 g/mol. The van der Waals surface area contributed by atoms with Gasteiger partial charge >= 0.3 is 0 Å². The van der Waals surface area contributed by atoms with E-state index in [0.717, 1.165) is 40.8 Å². The molecule has 0 atom stereocenters. The molecule has 0 aliphatic rings. The summed E-state index contributed by atoms with van der Waals surface area (Å²) in [4.78, 5) is 9.04. The van der Waals surface area contributed by atoms with Gasteiger partial charge in [0.05, 0.1) is 11.8 Å². The van der Waals surface area contributed by atoms with Crippen LogP contribution in [-0.2, 0) is 0 Å². The van der Waals surface area contributed by atoms with Crippen LogP contribution in [0.15, 0.2) is 24.3 Å². The Morgan fingerprint density at radius 3 is 2.33 bits per heavy atom. The van der Waals surface area contributed by atoms with Gasteiger partial charge in [-0.05, 0) is 58.9 Å². The minimum Gasteiger partial charge on any atom is -0.491 e. The van der Waals surface area contributed by atoms with Crippen molar-refractivity contribution >= 4 is 5.82 Å². The zero-order chi connectivity index (χ0) is 15.4. The predicted molar refractivity (Wildman–Crippen MR) is 86.9 cm³/mol. The molecule has 0 aliphatic heterocycles. The molecule has 0 bridgehead atoms. The third-order valence-corrected chi connectivity index (χ3v) is 3.10. The lowest BCUT2D eigenvalue weighted by Crippen LogP contribution is -2.06. The number of anilines is 1. The molecule has 0 amide bonds. The summed E-state index contributed by atoms with van der Waals surface area (Å²) in [6.07, 6.45) is 0.180. The Bertz CT molecular complexity index is 606. The smallest absolute Gasteiger partial charge is 0.133 e. The number of nitrogens with zero attached hydrogens (tertiary/aromatic N) is 2. The molecule has 2 rings (SSSR count). The van der Waals surface area contributed by atoms with Crippen LogP contribution < -0.4 is 10.1 Å². The van der Waals surface area contributed by atoms with Gasteiger partial charge in [0.15, 0.2) is 0 Å². The van der Waals surface area contributed by atoms with Gasteiger partial charge in [0.25, 0.3) is 0 Å². The maximum absolute atomic E-state index is 5.68. The van der Waals surface area contributed by atoms with Gasteiger partial charge in [-0.1, -0.05) is 0 Å². The maximum Gasteiger partial charge on any atom is 0.133 e. The van der Waals surface area contributed by atoms with Crippen LogP contribution >= 0.6 is 0 Å². The molecule has 1 aromatic carbocycles. The fourth-order valence-corrected chi connectivity index (χ4v) is 2.21. The lowest BCUT2D eigenvalue weighted by atomic mass is 10.1. The molecule has 0 saturated carbocycles. The summed E-state index contributed by atoms with van der Waals surface area (Å²) in [5, 5.41) is 3.29. The first-order chi connectivity index (χ1) is 10.0. The van der Waals surface area contributed by atoms with Crippen LogP contribution in [0, 0.1) is 13.8 Å². The van der Waals surface area contributed by atoms with Gasteiger partial charge in [0.1, 0.15) is 17.4 Å². The van der Waals surface area contributed by atoms with Crippen molar-refractivity contribution in [3.63, 3.8) is 0 Å². The summed E-state index contributed by atoms with van der Waals surface area (Å²) in [5.41, 5.74) is 3.11. The van der Waals surface area contributed by atoms with Crippen molar-refractivity contribution in [1.82, 2.24) is 9.97 Å². The average Bonchev–Trinajstić information content (AvgIpc) is 2.43. The van der Waals surface area contributed by atoms with E-state index in [2.05, 4.69) is 22.2 Å². The Morgan fingerprint density at radius 2 is 1.76 bits per heavy atom. The molecule has 1 heterocycles. The fraction of sp³-hybridized carbons (Fsp3) is 0.412. The molecule has 4 nitrogen and oxygen atoms in total. The number of nitrogens with one attached hydrogen (secondary N) is 1. The van der Waals surface area contributed by atoms with Gasteiger partial charge in [-0.3, -0.25) is 0 Å². The van der Waals surface area contributed by atoms with Crippen LogP contribution in [-0.4, -0.2) is 22.6 Å². The molecule has 1 N–H and O–H groups in total. The van der Waals surface area contributed by atoms with Gasteiger partial charge in [0.2, 0.25) is 0 Å². The van der Waals surface area contributed by atoms with E-state index in [-0.39, 0.29) is 6.10 Å². The van der Waals surface area contributed by atoms with Gasteiger partial charge in [0, 0.05) is 17.7 Å². The highest BCUT2D eigenvalue weighted by atomic mass is 16.5. The van der Waals surface area contributed by atoms with Gasteiger partial charge in [-0.25, -0.2) is 9.97 Å². The first-order valence-corrected chi connectivity index (χ1v) is 7.37. The number of aromatic nitrogens is 2. The zero-order valence-electron chi connectivity index (χ0n) is 13.4. The topological polar surface area (TPSA) is 47.0 Å². The molecular weight excluding hydrogens is 262 g/mol. The van der Waals surface area contributed by atoms with Crippen LogP contribution in [0.25, 0.3) is 11.3 Å². The highest BCUT2D eigenvalue weighted by Crippen LogP contribution is 2.27. The Morgan fingerprint density at radius 1 is 1.10 bits per heavy atom. The van der Waals surface area contributed by atoms with Crippen molar-refractivity contribution in [2.24, 2.45) is 0 Å². The predicted octanol–water partition coefficient (Wildman–Crippen LogP) is 3.98. The molecule has 1 aromatic heterocycles. The van der Waals surface area contributed by atoms with Crippen LogP contribution in [0.3, 0.4) is 0 Å². The largest absolute Gasteiger partial charge is 0.491 e. The Kier molecular flexibility index (Phi) is 4.78. The molecule has 0 radical (unpaired) electrons. The molecule has 112 valence electrons. The van der Waals surface area contributed by atoms with Crippen molar-refractivity contribution in [2.45, 2.75) is 40.7 Å². The quantitative estimate of drug-likeness (QED) is 0.902. The van der Waals surface area contributed by atoms with E-state index < -0.39 is 0 Å². The Hall–Kier alpha value is -2.10. The second-order valence-electron chi connectivity index (χ2n) is 5.31. The standard InChI is InChI=1S/C17H23N3O/c1-6-18-17-12(4)16(19-13(5)20-17)14-7-9-15(10-8-14)21-11(2)3/h7-11H,6H2,1-5H3,(H,18,19,20). The summed E-state index contributed by atoms with van der Waals surface area (Å²) in [5.74, 6) is 2.56. The van der Waals surface area contributed by atoms with Gasteiger partial charge in [-0.2, -0.15) is 0 Å². The first-order valence-electron chi connectivity index (χ1n) is 7.37. The summed E-state index contributed by atoms with van der Waals surface area (Å²) in [6.45, 7) is 10.9. The van der Waals surface area contributed by atoms with E-state index in [1.165, 1.54) is 0 Å². The molecule has 21 heavy (non-hydrogen) atoms. The Balaban J connectivity index is 2.37. The summed E-state index contributed by atoms with van der Waals surface area (Å²) >= 11 is 0. The Labute approximate surface area is 126 Å². The van der Waals surface area contributed by atoms with E-state index in [1.54, 1.807) is 0 Å². The van der Waals surface area contributed by atoms with Crippen molar-refractivity contribution in [1.29, 1.82) is 0 Å². The summed E-state index contributed by atoms with van der Waals surface area (Å²) in [7, 11) is 0. The number of aryl methyl sites for hydroxylation is 1. The minimum absolute atomic E-state index is 0.180. The van der Waals surface area contributed by atoms with E-state index in [9.17, 15) is 0 Å². The van der Waals surface area contributed by atoms with Gasteiger partial charge in [-0.15, -0.1) is 0 Å². The highest BCUT2D eigenvalue weighted by molar-refractivity contribution is 5.68. The van der Waals surface area contributed by atoms with Crippen molar-refractivity contribution in [2.75, 3.05) is 11.9 Å². The normalized spacial score (nSPS) is 10.8. The van der Waals surface area contributed by atoms with E-state index in [0.29, 0.717) is 0 Å². The molecule has 0 spiro atoms. The maximum atomic E-state index is 5.68. The monoisotopic (exact) mass is 285 g/mol. The third kappa shape index (κ3) is 3.72. The van der Waals surface area contributed by atoms with Crippen molar-refractivity contribution in [3.05, 3.63) is 35.7 Å². The lowest BCUT2D eigenvalue weighted by Gasteiger charge is -2.13. The summed E-state index contributed by atoms with van der Waals surface area (Å²) < 4.78 is 5.68. The number of hydrogen-bond acceptors (Lipinski definition) is 4. The second-order valence-corrected chi connectivity index (χ2v) is 5.31. The molecule has 2 aromatic rings. The molecule has 4 heteroatoms. The van der Waals surface area contributed by atoms with Crippen LogP contribution in [0.2, 0.25) is 0 Å². The molecule has 0 saturated heterocycles. The van der Waals surface area contributed by atoms with Crippen molar-refractivity contribution < 1.29 is 4.74 Å².